The van der Waals surface area contributed by atoms with Crippen LogP contribution in [0, 0.1) is 0 Å². The van der Waals surface area contributed by atoms with Crippen LogP contribution in [0.15, 0.2) is 91.0 Å². The van der Waals surface area contributed by atoms with Crippen molar-refractivity contribution < 1.29 is 9.31 Å². The Morgan fingerprint density at radius 1 is 0.676 bits per heavy atom. The fourth-order valence-electron chi connectivity index (χ4n) is 6.68. The van der Waals surface area contributed by atoms with E-state index in [4.69, 9.17) is 14.3 Å². The Kier molecular flexibility index (Phi) is 3.94. The number of para-hydroxylation sites is 3. The second kappa shape index (κ2) is 6.80. The number of imidazole rings is 1. The third-order valence-electron chi connectivity index (χ3n) is 9.05. The first-order valence-electron chi connectivity index (χ1n) is 13.0. The maximum Gasteiger partial charge on any atom is 0.495 e. The van der Waals surface area contributed by atoms with Gasteiger partial charge in [-0.15, -0.1) is 0 Å². The Bertz CT molecular complexity index is 1750. The van der Waals surface area contributed by atoms with Crippen LogP contribution >= 0.6 is 0 Å². The van der Waals surface area contributed by atoms with E-state index in [1.165, 1.54) is 33.5 Å². The molecule has 0 amide bonds. The minimum absolute atomic E-state index is 0.413. The number of hydrogen-bond donors (Lipinski definition) is 0. The molecule has 4 aromatic carbocycles. The number of fused-ring (bicyclic) bond motifs is 12. The summed E-state index contributed by atoms with van der Waals surface area (Å²) in [6, 6.07) is 32.6. The van der Waals surface area contributed by atoms with E-state index in [0.717, 1.165) is 22.3 Å². The molecule has 1 aliphatic carbocycles. The Morgan fingerprint density at radius 3 is 2.14 bits per heavy atom. The van der Waals surface area contributed by atoms with Gasteiger partial charge in [-0.3, -0.25) is 4.57 Å². The highest BCUT2D eigenvalue weighted by molar-refractivity contribution is 6.64. The van der Waals surface area contributed by atoms with Gasteiger partial charge < -0.3 is 9.31 Å². The van der Waals surface area contributed by atoms with Crippen molar-refractivity contribution in [1.29, 1.82) is 0 Å². The highest BCUT2D eigenvalue weighted by atomic mass is 16.7. The van der Waals surface area contributed by atoms with Crippen LogP contribution in [0.25, 0.3) is 27.8 Å². The van der Waals surface area contributed by atoms with E-state index in [2.05, 4.69) is 123 Å². The first-order valence-corrected chi connectivity index (χ1v) is 13.0. The van der Waals surface area contributed by atoms with Crippen molar-refractivity contribution >= 4 is 23.6 Å². The molecule has 37 heavy (non-hydrogen) atoms. The van der Waals surface area contributed by atoms with Gasteiger partial charge in [-0.05, 0) is 79.2 Å². The van der Waals surface area contributed by atoms with E-state index in [9.17, 15) is 0 Å². The summed E-state index contributed by atoms with van der Waals surface area (Å²) >= 11 is 0. The molecule has 0 saturated carbocycles. The van der Waals surface area contributed by atoms with Crippen LogP contribution in [0.2, 0.25) is 0 Å². The number of aromatic nitrogens is 2. The standard InChI is InChI=1S/C32H27BN2O2/c1-30(2)31(3,4)37-33(36-30)24-16-11-15-23-28(24)20-12-5-6-13-21(20)32(23)22-14-7-9-18-26(22)35-27-19-10-8-17-25(27)34-29(32)35/h5-19H,1-4H3. The van der Waals surface area contributed by atoms with Crippen LogP contribution in [-0.4, -0.2) is 27.9 Å². The van der Waals surface area contributed by atoms with Crippen LogP contribution in [0.4, 0.5) is 0 Å². The average Bonchev–Trinajstić information content (AvgIpc) is 3.56. The van der Waals surface area contributed by atoms with Crippen molar-refractivity contribution in [2.24, 2.45) is 0 Å². The highest BCUT2D eigenvalue weighted by Gasteiger charge is 2.57. The Morgan fingerprint density at radius 2 is 1.32 bits per heavy atom. The van der Waals surface area contributed by atoms with Crippen LogP contribution in [0.5, 0.6) is 0 Å². The lowest BCUT2D eigenvalue weighted by atomic mass is 9.70. The van der Waals surface area contributed by atoms with Gasteiger partial charge in [0.05, 0.1) is 27.9 Å². The summed E-state index contributed by atoms with van der Waals surface area (Å²) < 4.78 is 15.5. The zero-order valence-corrected chi connectivity index (χ0v) is 21.4. The van der Waals surface area contributed by atoms with Crippen molar-refractivity contribution in [3.63, 3.8) is 0 Å². The molecule has 5 aromatic rings. The fourth-order valence-corrected chi connectivity index (χ4v) is 6.68. The fraction of sp³-hybridized carbons (Fsp3) is 0.219. The third-order valence-corrected chi connectivity index (χ3v) is 9.05. The molecular weight excluding hydrogens is 455 g/mol. The van der Waals surface area contributed by atoms with Gasteiger partial charge in [-0.2, -0.15) is 0 Å². The lowest BCUT2D eigenvalue weighted by Crippen LogP contribution is -2.41. The predicted molar refractivity (Wildman–Crippen MR) is 148 cm³/mol. The molecule has 1 unspecified atom stereocenters. The Labute approximate surface area is 217 Å². The lowest BCUT2D eigenvalue weighted by Gasteiger charge is -2.32. The van der Waals surface area contributed by atoms with Gasteiger partial charge in [0, 0.05) is 0 Å². The molecule has 0 bridgehead atoms. The van der Waals surface area contributed by atoms with Crippen LogP contribution in [-0.2, 0) is 14.7 Å². The number of benzene rings is 4. The zero-order chi connectivity index (χ0) is 25.2. The molecule has 1 fully saturated rings. The van der Waals surface area contributed by atoms with E-state index in [1.807, 2.05) is 0 Å². The highest BCUT2D eigenvalue weighted by Crippen LogP contribution is 2.60. The van der Waals surface area contributed by atoms with E-state index in [-0.39, 0.29) is 0 Å². The molecule has 3 aliphatic rings. The van der Waals surface area contributed by atoms with E-state index in [1.54, 1.807) is 0 Å². The molecule has 1 atom stereocenters. The molecule has 1 aromatic heterocycles. The van der Waals surface area contributed by atoms with Crippen molar-refractivity contribution in [2.45, 2.75) is 44.3 Å². The molecule has 0 radical (unpaired) electrons. The monoisotopic (exact) mass is 482 g/mol. The topological polar surface area (TPSA) is 36.3 Å². The number of hydrogen-bond acceptors (Lipinski definition) is 3. The Hall–Kier alpha value is -3.67. The minimum Gasteiger partial charge on any atom is -0.399 e. The molecular formula is C32H27BN2O2. The van der Waals surface area contributed by atoms with E-state index < -0.39 is 23.7 Å². The molecule has 4 nitrogen and oxygen atoms in total. The second-order valence-electron chi connectivity index (χ2n) is 11.4. The molecule has 2 aliphatic heterocycles. The maximum atomic E-state index is 6.59. The summed E-state index contributed by atoms with van der Waals surface area (Å²) in [6.45, 7) is 8.45. The van der Waals surface area contributed by atoms with Gasteiger partial charge >= 0.3 is 7.12 Å². The smallest absolute Gasteiger partial charge is 0.399 e. The summed E-state index contributed by atoms with van der Waals surface area (Å²) in [5.41, 5.74) is 9.26. The van der Waals surface area contributed by atoms with Crippen LogP contribution in [0.3, 0.4) is 0 Å². The van der Waals surface area contributed by atoms with Gasteiger partial charge in [0.2, 0.25) is 0 Å². The summed E-state index contributed by atoms with van der Waals surface area (Å²) in [4.78, 5) is 5.31. The summed E-state index contributed by atoms with van der Waals surface area (Å²) in [5.74, 6) is 1.05. The minimum atomic E-state index is -0.513. The van der Waals surface area contributed by atoms with Crippen LogP contribution in [0.1, 0.15) is 50.2 Å². The van der Waals surface area contributed by atoms with Crippen molar-refractivity contribution in [2.75, 3.05) is 0 Å². The molecule has 5 heteroatoms. The predicted octanol–water partition coefficient (Wildman–Crippen LogP) is 6.00. The SMILES string of the molecule is CC1(C)OB(c2cccc3c2-c2ccccc2C32c3ccccc3-n3c2nc2ccccc23)OC1(C)C. The maximum absolute atomic E-state index is 6.59. The summed E-state index contributed by atoms with van der Waals surface area (Å²) in [5, 5.41) is 0. The third kappa shape index (κ3) is 2.44. The summed E-state index contributed by atoms with van der Waals surface area (Å²) in [7, 11) is -0.446. The van der Waals surface area contributed by atoms with E-state index >= 15 is 0 Å². The summed E-state index contributed by atoms with van der Waals surface area (Å²) in [6.07, 6.45) is 0. The van der Waals surface area contributed by atoms with Crippen molar-refractivity contribution in [3.05, 3.63) is 114 Å². The first-order chi connectivity index (χ1) is 17.8. The average molecular weight is 482 g/mol. The second-order valence-corrected chi connectivity index (χ2v) is 11.4. The first kappa shape index (κ1) is 21.4. The van der Waals surface area contributed by atoms with Gasteiger partial charge in [0.1, 0.15) is 11.2 Å². The van der Waals surface area contributed by atoms with Gasteiger partial charge in [-0.1, -0.05) is 72.8 Å². The molecule has 1 saturated heterocycles. The van der Waals surface area contributed by atoms with E-state index in [0.29, 0.717) is 0 Å². The largest absolute Gasteiger partial charge is 0.495 e. The Balaban J connectivity index is 1.49. The normalized spacial score (nSPS) is 21.8. The quantitative estimate of drug-likeness (QED) is 0.269. The van der Waals surface area contributed by atoms with Gasteiger partial charge in [-0.25, -0.2) is 4.98 Å². The molecule has 180 valence electrons. The molecule has 1 spiro atoms. The van der Waals surface area contributed by atoms with Crippen molar-refractivity contribution in [3.8, 4) is 16.8 Å². The number of nitrogens with zero attached hydrogens (tertiary/aromatic N) is 2. The lowest BCUT2D eigenvalue weighted by molar-refractivity contribution is 0.00578. The zero-order valence-electron chi connectivity index (χ0n) is 21.4. The van der Waals surface area contributed by atoms with Crippen molar-refractivity contribution in [1.82, 2.24) is 9.55 Å². The molecule has 3 heterocycles. The molecule has 0 N–H and O–H groups in total. The van der Waals surface area contributed by atoms with Crippen LogP contribution < -0.4 is 5.46 Å². The number of rotatable bonds is 1. The molecule has 8 rings (SSSR count). The van der Waals surface area contributed by atoms with Gasteiger partial charge in [0.15, 0.2) is 0 Å². The van der Waals surface area contributed by atoms with Gasteiger partial charge in [0.25, 0.3) is 0 Å².